The number of aryl methyl sites for hydroxylation is 3. The van der Waals surface area contributed by atoms with Crippen LogP contribution in [0.3, 0.4) is 0 Å². The minimum Gasteiger partial charge on any atom is -0.352 e. The quantitative estimate of drug-likeness (QED) is 0.268. The molecule has 3 aromatic carbocycles. The first kappa shape index (κ1) is 32.4. The van der Waals surface area contributed by atoms with Gasteiger partial charge in [0.25, 0.3) is 10.0 Å². The number of amides is 2. The van der Waals surface area contributed by atoms with E-state index in [1.807, 2.05) is 40.7 Å². The standard InChI is InChI=1S/C31H37Cl2N3O4S/c1-7-23(5)34-31(38)24(6)35(18-25-10-13-28(32)29(33)17-25)30(37)19-36(26-15-21(3)14-22(4)16-26)41(39,40)27-11-8-20(2)9-12-27/h8-17,23-24H,7,18-19H2,1-6H3,(H,34,38)/t23-,24-/m0/s1. The fraction of sp³-hybridized carbons (Fsp3) is 0.355. The summed E-state index contributed by atoms with van der Waals surface area (Å²) in [5, 5.41) is 3.59. The van der Waals surface area contributed by atoms with Crippen LogP contribution in [0.1, 0.15) is 49.4 Å². The summed E-state index contributed by atoms with van der Waals surface area (Å²) in [6.07, 6.45) is 0.717. The first-order valence-corrected chi connectivity index (χ1v) is 15.6. The van der Waals surface area contributed by atoms with Crippen LogP contribution < -0.4 is 9.62 Å². The van der Waals surface area contributed by atoms with E-state index in [2.05, 4.69) is 5.32 Å². The van der Waals surface area contributed by atoms with E-state index in [0.717, 1.165) is 21.0 Å². The van der Waals surface area contributed by atoms with Gasteiger partial charge >= 0.3 is 0 Å². The van der Waals surface area contributed by atoms with Gasteiger partial charge in [0.1, 0.15) is 12.6 Å². The molecule has 7 nitrogen and oxygen atoms in total. The second-order valence-electron chi connectivity index (χ2n) is 10.4. The molecule has 0 aliphatic rings. The van der Waals surface area contributed by atoms with Gasteiger partial charge in [-0.25, -0.2) is 8.42 Å². The van der Waals surface area contributed by atoms with Crippen molar-refractivity contribution in [2.24, 2.45) is 0 Å². The van der Waals surface area contributed by atoms with Crippen molar-refractivity contribution in [3.63, 3.8) is 0 Å². The van der Waals surface area contributed by atoms with Crippen LogP contribution in [-0.4, -0.2) is 43.8 Å². The van der Waals surface area contributed by atoms with E-state index in [4.69, 9.17) is 23.2 Å². The van der Waals surface area contributed by atoms with Crippen molar-refractivity contribution in [2.75, 3.05) is 10.8 Å². The van der Waals surface area contributed by atoms with E-state index in [1.54, 1.807) is 49.4 Å². The molecule has 0 spiro atoms. The Hall–Kier alpha value is -3.07. The van der Waals surface area contributed by atoms with Crippen LogP contribution in [0.15, 0.2) is 65.6 Å². The Balaban J connectivity index is 2.07. The van der Waals surface area contributed by atoms with Gasteiger partial charge in [-0.3, -0.25) is 13.9 Å². The second-order valence-corrected chi connectivity index (χ2v) is 13.1. The van der Waals surface area contributed by atoms with Crippen molar-refractivity contribution in [1.82, 2.24) is 10.2 Å². The summed E-state index contributed by atoms with van der Waals surface area (Å²) in [5.74, 6) is -0.884. The Morgan fingerprint density at radius 3 is 2.02 bits per heavy atom. The predicted octanol–water partition coefficient (Wildman–Crippen LogP) is 6.45. The summed E-state index contributed by atoms with van der Waals surface area (Å²) in [5.41, 5.74) is 3.63. The molecule has 0 bridgehead atoms. The van der Waals surface area contributed by atoms with Gasteiger partial charge in [-0.15, -0.1) is 0 Å². The number of hydrogen-bond acceptors (Lipinski definition) is 4. The normalized spacial score (nSPS) is 12.9. The fourth-order valence-corrected chi connectivity index (χ4v) is 6.06. The van der Waals surface area contributed by atoms with Crippen molar-refractivity contribution in [3.05, 3.63) is 93.0 Å². The lowest BCUT2D eigenvalue weighted by Gasteiger charge is -2.32. The molecule has 10 heteroatoms. The summed E-state index contributed by atoms with van der Waals surface area (Å²) < 4.78 is 29.1. The Bertz CT molecular complexity index is 1490. The SMILES string of the molecule is CC[C@H](C)NC(=O)[C@H](C)N(Cc1ccc(Cl)c(Cl)c1)C(=O)CN(c1cc(C)cc(C)c1)S(=O)(=O)c1ccc(C)cc1. The third-order valence-corrected chi connectivity index (χ3v) is 9.41. The number of carbonyl (C=O) groups excluding carboxylic acids is 2. The minimum absolute atomic E-state index is 0.0239. The van der Waals surface area contributed by atoms with E-state index in [-0.39, 0.29) is 23.4 Å². The summed E-state index contributed by atoms with van der Waals surface area (Å²) in [4.78, 5) is 28.7. The number of hydrogen-bond donors (Lipinski definition) is 1. The lowest BCUT2D eigenvalue weighted by Crippen LogP contribution is -2.52. The van der Waals surface area contributed by atoms with Crippen LogP contribution in [0.4, 0.5) is 5.69 Å². The molecule has 0 aliphatic heterocycles. The molecule has 0 unspecified atom stereocenters. The molecule has 0 aromatic heterocycles. The largest absolute Gasteiger partial charge is 0.352 e. The molecule has 0 saturated carbocycles. The van der Waals surface area contributed by atoms with Gasteiger partial charge in [0, 0.05) is 12.6 Å². The maximum Gasteiger partial charge on any atom is 0.264 e. The molecule has 3 aromatic rings. The topological polar surface area (TPSA) is 86.8 Å². The molecule has 3 rings (SSSR count). The highest BCUT2D eigenvalue weighted by atomic mass is 35.5. The number of nitrogens with one attached hydrogen (secondary N) is 1. The minimum atomic E-state index is -4.14. The molecule has 41 heavy (non-hydrogen) atoms. The second kappa shape index (κ2) is 13.7. The highest BCUT2D eigenvalue weighted by Gasteiger charge is 2.33. The first-order chi connectivity index (χ1) is 19.2. The van der Waals surface area contributed by atoms with Gasteiger partial charge in [-0.2, -0.15) is 0 Å². The van der Waals surface area contributed by atoms with Crippen molar-refractivity contribution in [3.8, 4) is 0 Å². The van der Waals surface area contributed by atoms with Crippen molar-refractivity contribution in [2.45, 2.75) is 71.5 Å². The van der Waals surface area contributed by atoms with Crippen molar-refractivity contribution in [1.29, 1.82) is 0 Å². The van der Waals surface area contributed by atoms with Crippen LogP contribution in [0, 0.1) is 20.8 Å². The zero-order valence-corrected chi connectivity index (χ0v) is 26.6. The Morgan fingerprint density at radius 2 is 1.46 bits per heavy atom. The van der Waals surface area contributed by atoms with Crippen LogP contribution in [0.2, 0.25) is 10.0 Å². The van der Waals surface area contributed by atoms with Crippen molar-refractivity contribution < 1.29 is 18.0 Å². The average molecular weight is 619 g/mol. The molecule has 0 fully saturated rings. The number of rotatable bonds is 11. The molecular weight excluding hydrogens is 581 g/mol. The number of benzene rings is 3. The molecule has 2 amide bonds. The molecule has 0 radical (unpaired) electrons. The third kappa shape index (κ3) is 8.24. The molecule has 0 aliphatic carbocycles. The predicted molar refractivity (Wildman–Crippen MR) is 166 cm³/mol. The van der Waals surface area contributed by atoms with E-state index < -0.39 is 28.5 Å². The molecule has 0 saturated heterocycles. The molecule has 2 atom stereocenters. The van der Waals surface area contributed by atoms with Crippen LogP contribution in [-0.2, 0) is 26.2 Å². The molecule has 1 N–H and O–H groups in total. The third-order valence-electron chi connectivity index (χ3n) is 6.89. The maximum atomic E-state index is 14.1. The zero-order valence-electron chi connectivity index (χ0n) is 24.2. The first-order valence-electron chi connectivity index (χ1n) is 13.4. The van der Waals surface area contributed by atoms with E-state index >= 15 is 0 Å². The average Bonchev–Trinajstić information content (AvgIpc) is 2.91. The number of halogens is 2. The van der Waals surface area contributed by atoms with Gasteiger partial charge in [0.05, 0.1) is 20.6 Å². The Kier molecular flexibility index (Phi) is 10.9. The van der Waals surface area contributed by atoms with Gasteiger partial charge in [0.2, 0.25) is 11.8 Å². The smallest absolute Gasteiger partial charge is 0.264 e. The van der Waals surface area contributed by atoms with Gasteiger partial charge in [0.15, 0.2) is 0 Å². The molecule has 220 valence electrons. The molecular formula is C31H37Cl2N3O4S. The number of anilines is 1. The lowest BCUT2D eigenvalue weighted by atomic mass is 10.1. The summed E-state index contributed by atoms with van der Waals surface area (Å²) >= 11 is 12.3. The summed E-state index contributed by atoms with van der Waals surface area (Å²) in [7, 11) is -4.14. The lowest BCUT2D eigenvalue weighted by molar-refractivity contribution is -0.139. The van der Waals surface area contributed by atoms with Crippen LogP contribution >= 0.6 is 23.2 Å². The van der Waals surface area contributed by atoms with Gasteiger partial charge < -0.3 is 10.2 Å². The van der Waals surface area contributed by atoms with Crippen molar-refractivity contribution >= 4 is 50.7 Å². The number of carbonyl (C=O) groups is 2. The zero-order chi connectivity index (χ0) is 30.5. The summed E-state index contributed by atoms with van der Waals surface area (Å²) in [6.45, 7) is 10.6. The molecule has 0 heterocycles. The monoisotopic (exact) mass is 617 g/mol. The highest BCUT2D eigenvalue weighted by Crippen LogP contribution is 2.28. The summed E-state index contributed by atoms with van der Waals surface area (Å²) in [6, 6.07) is 15.9. The van der Waals surface area contributed by atoms with Crippen LogP contribution in [0.5, 0.6) is 0 Å². The fourth-order valence-electron chi connectivity index (χ4n) is 4.34. The Morgan fingerprint density at radius 1 is 0.854 bits per heavy atom. The van der Waals surface area contributed by atoms with E-state index in [0.29, 0.717) is 27.7 Å². The van der Waals surface area contributed by atoms with Gasteiger partial charge in [-0.1, -0.05) is 60.0 Å². The maximum absolute atomic E-state index is 14.1. The number of nitrogens with zero attached hydrogens (tertiary/aromatic N) is 2. The van der Waals surface area contributed by atoms with E-state index in [9.17, 15) is 18.0 Å². The highest BCUT2D eigenvalue weighted by molar-refractivity contribution is 7.92. The van der Waals surface area contributed by atoms with Crippen LogP contribution in [0.25, 0.3) is 0 Å². The Labute approximate surface area is 253 Å². The number of sulfonamides is 1. The van der Waals surface area contributed by atoms with Gasteiger partial charge in [-0.05, 0) is 94.1 Å². The van der Waals surface area contributed by atoms with E-state index in [1.165, 1.54) is 17.0 Å².